The highest BCUT2D eigenvalue weighted by Crippen LogP contribution is 2.48. The number of fused-ring (bicyclic) bond motifs is 2. The van der Waals surface area contributed by atoms with Gasteiger partial charge in [-0.05, 0) is 37.1 Å². The zero-order chi connectivity index (χ0) is 22.4. The zero-order valence-corrected chi connectivity index (χ0v) is 17.0. The Balaban J connectivity index is 1.69. The van der Waals surface area contributed by atoms with E-state index in [1.807, 2.05) is 0 Å². The van der Waals surface area contributed by atoms with Crippen LogP contribution in [0.1, 0.15) is 23.2 Å². The first-order valence-corrected chi connectivity index (χ1v) is 9.68. The van der Waals surface area contributed by atoms with Crippen molar-refractivity contribution in [2.45, 2.75) is 24.9 Å². The summed E-state index contributed by atoms with van der Waals surface area (Å²) in [5.74, 6) is 0.239. The van der Waals surface area contributed by atoms with Gasteiger partial charge in [-0.25, -0.2) is 14.6 Å². The molecule has 0 saturated carbocycles. The van der Waals surface area contributed by atoms with Gasteiger partial charge in [0.1, 0.15) is 0 Å². The molecule has 1 fully saturated rings. The molecular weight excluding hydrogens is 413 g/mol. The number of hydrogen-bond donors (Lipinski definition) is 2. The topological polar surface area (TPSA) is 90.5 Å². The van der Waals surface area contributed by atoms with E-state index in [1.54, 1.807) is 11.8 Å². The number of aromatic nitrogens is 2. The van der Waals surface area contributed by atoms with Crippen molar-refractivity contribution in [2.24, 2.45) is 0 Å². The van der Waals surface area contributed by atoms with Crippen molar-refractivity contribution in [2.75, 3.05) is 36.9 Å². The second kappa shape index (κ2) is 7.40. The Morgan fingerprint density at radius 2 is 1.90 bits per heavy atom. The molecule has 164 valence electrons. The molecule has 2 N–H and O–H groups in total. The highest BCUT2D eigenvalue weighted by molar-refractivity contribution is 6.03. The molecule has 1 aromatic carbocycles. The Morgan fingerprint density at radius 1 is 1.13 bits per heavy atom. The maximum absolute atomic E-state index is 13.4. The van der Waals surface area contributed by atoms with Crippen molar-refractivity contribution in [1.29, 1.82) is 0 Å². The standard InChI is InChI=1S/C20H21F3N6O2/c1-12-8-26-16(9-25-12)27-18(31)29-11-19(5-6-28(10-19)17(30)24-2)14-7-13(20(21,22)23)3-4-15(14)29/h3-4,7-9H,5-6,10-11H2,1-2H3,(H,24,30)(H,26,27,31). The number of likely N-dealkylation sites (tertiary alicyclic amines) is 1. The van der Waals surface area contributed by atoms with E-state index in [9.17, 15) is 22.8 Å². The third kappa shape index (κ3) is 3.75. The average Bonchev–Trinajstić information content (AvgIpc) is 3.31. The molecule has 3 heterocycles. The minimum absolute atomic E-state index is 0.155. The lowest BCUT2D eigenvalue weighted by molar-refractivity contribution is -0.137. The van der Waals surface area contributed by atoms with Gasteiger partial charge in [0.25, 0.3) is 0 Å². The number of amides is 4. The lowest BCUT2D eigenvalue weighted by Gasteiger charge is -2.26. The van der Waals surface area contributed by atoms with Crippen LogP contribution in [0.25, 0.3) is 0 Å². The quantitative estimate of drug-likeness (QED) is 0.722. The molecule has 1 saturated heterocycles. The summed E-state index contributed by atoms with van der Waals surface area (Å²) in [6, 6.07) is 2.56. The summed E-state index contributed by atoms with van der Waals surface area (Å²) in [7, 11) is 1.50. The molecule has 1 aromatic heterocycles. The van der Waals surface area contributed by atoms with Crippen LogP contribution in [0, 0.1) is 6.92 Å². The summed E-state index contributed by atoms with van der Waals surface area (Å²) in [5.41, 5.74) is -0.0679. The number of carbonyl (C=O) groups is 2. The molecule has 1 unspecified atom stereocenters. The predicted molar refractivity (Wildman–Crippen MR) is 107 cm³/mol. The van der Waals surface area contributed by atoms with E-state index >= 15 is 0 Å². The van der Waals surface area contributed by atoms with Crippen molar-refractivity contribution in [3.63, 3.8) is 0 Å². The number of halogens is 3. The van der Waals surface area contributed by atoms with Crippen molar-refractivity contribution in [1.82, 2.24) is 20.2 Å². The average molecular weight is 434 g/mol. The Bertz CT molecular complexity index is 1030. The highest BCUT2D eigenvalue weighted by Gasteiger charge is 2.50. The summed E-state index contributed by atoms with van der Waals surface area (Å²) in [6.07, 6.45) is -1.15. The number of nitrogens with one attached hydrogen (secondary N) is 2. The van der Waals surface area contributed by atoms with E-state index < -0.39 is 23.2 Å². The Morgan fingerprint density at radius 3 is 2.55 bits per heavy atom. The molecule has 2 aliphatic heterocycles. The van der Waals surface area contributed by atoms with Crippen LogP contribution in [0.2, 0.25) is 0 Å². The maximum atomic E-state index is 13.4. The number of anilines is 2. The fraction of sp³-hybridized carbons (Fsp3) is 0.400. The summed E-state index contributed by atoms with van der Waals surface area (Å²) in [4.78, 5) is 36.2. The van der Waals surface area contributed by atoms with E-state index in [4.69, 9.17) is 0 Å². The Kier molecular flexibility index (Phi) is 4.98. The zero-order valence-electron chi connectivity index (χ0n) is 17.0. The predicted octanol–water partition coefficient (Wildman–Crippen LogP) is 3.14. The number of urea groups is 2. The van der Waals surface area contributed by atoms with Gasteiger partial charge in [0.15, 0.2) is 5.82 Å². The molecule has 0 bridgehead atoms. The molecule has 31 heavy (non-hydrogen) atoms. The van der Waals surface area contributed by atoms with Crippen LogP contribution in [0.5, 0.6) is 0 Å². The van der Waals surface area contributed by atoms with Gasteiger partial charge in [-0.15, -0.1) is 0 Å². The molecule has 2 aromatic rings. The first-order chi connectivity index (χ1) is 14.6. The fourth-order valence-electron chi connectivity index (χ4n) is 4.21. The summed E-state index contributed by atoms with van der Waals surface area (Å²) >= 11 is 0. The number of nitrogens with zero attached hydrogens (tertiary/aromatic N) is 4. The van der Waals surface area contributed by atoms with Crippen LogP contribution in [-0.2, 0) is 11.6 Å². The van der Waals surface area contributed by atoms with Crippen LogP contribution in [0.15, 0.2) is 30.6 Å². The minimum Gasteiger partial charge on any atom is -0.341 e. The van der Waals surface area contributed by atoms with Crippen molar-refractivity contribution >= 4 is 23.6 Å². The van der Waals surface area contributed by atoms with E-state index in [-0.39, 0.29) is 24.9 Å². The summed E-state index contributed by atoms with van der Waals surface area (Å²) < 4.78 is 40.2. The van der Waals surface area contributed by atoms with Gasteiger partial charge >= 0.3 is 18.2 Å². The lowest BCUT2D eigenvalue weighted by Crippen LogP contribution is -2.43. The van der Waals surface area contributed by atoms with E-state index in [0.717, 1.165) is 12.1 Å². The van der Waals surface area contributed by atoms with E-state index in [2.05, 4.69) is 20.6 Å². The van der Waals surface area contributed by atoms with E-state index in [0.29, 0.717) is 29.9 Å². The van der Waals surface area contributed by atoms with Crippen LogP contribution in [0.3, 0.4) is 0 Å². The van der Waals surface area contributed by atoms with Crippen LogP contribution >= 0.6 is 0 Å². The largest absolute Gasteiger partial charge is 0.416 e. The van der Waals surface area contributed by atoms with Crippen molar-refractivity contribution in [3.05, 3.63) is 47.4 Å². The number of alkyl halides is 3. The minimum atomic E-state index is -4.51. The van der Waals surface area contributed by atoms with Crippen molar-refractivity contribution < 1.29 is 22.8 Å². The monoisotopic (exact) mass is 434 g/mol. The normalized spacial score (nSPS) is 20.2. The smallest absolute Gasteiger partial charge is 0.341 e. The third-order valence-corrected chi connectivity index (χ3v) is 5.76. The number of benzene rings is 1. The molecule has 4 rings (SSSR count). The second-order valence-electron chi connectivity index (χ2n) is 7.80. The first kappa shape index (κ1) is 20.9. The number of aryl methyl sites for hydroxylation is 1. The second-order valence-corrected chi connectivity index (χ2v) is 7.80. The molecule has 2 aliphatic rings. The van der Waals surface area contributed by atoms with Gasteiger partial charge in [-0.2, -0.15) is 13.2 Å². The summed E-state index contributed by atoms with van der Waals surface area (Å²) in [6.45, 7) is 2.52. The van der Waals surface area contributed by atoms with Crippen molar-refractivity contribution in [3.8, 4) is 0 Å². The van der Waals surface area contributed by atoms with Gasteiger partial charge in [0, 0.05) is 37.8 Å². The van der Waals surface area contributed by atoms with Crippen LogP contribution in [0.4, 0.5) is 34.3 Å². The van der Waals surface area contributed by atoms with Crippen LogP contribution in [-0.4, -0.2) is 53.6 Å². The molecule has 1 atom stereocenters. The molecule has 11 heteroatoms. The first-order valence-electron chi connectivity index (χ1n) is 9.68. The van der Waals surface area contributed by atoms with Gasteiger partial charge in [-0.3, -0.25) is 15.2 Å². The van der Waals surface area contributed by atoms with Gasteiger partial charge in [0.2, 0.25) is 0 Å². The molecule has 0 radical (unpaired) electrons. The highest BCUT2D eigenvalue weighted by atomic mass is 19.4. The van der Waals surface area contributed by atoms with E-state index in [1.165, 1.54) is 30.4 Å². The maximum Gasteiger partial charge on any atom is 0.416 e. The molecule has 4 amide bonds. The van der Waals surface area contributed by atoms with Gasteiger partial charge in [-0.1, -0.05) is 0 Å². The number of carbonyl (C=O) groups excluding carboxylic acids is 2. The molecular formula is C20H21F3N6O2. The SMILES string of the molecule is CNC(=O)N1CCC2(C1)CN(C(=O)Nc1cnc(C)cn1)c1ccc(C(F)(F)F)cc12. The Hall–Kier alpha value is -3.37. The summed E-state index contributed by atoms with van der Waals surface area (Å²) in [5, 5.41) is 5.19. The van der Waals surface area contributed by atoms with Gasteiger partial charge in [0.05, 0.1) is 23.7 Å². The Labute approximate surface area is 176 Å². The number of rotatable bonds is 1. The lowest BCUT2D eigenvalue weighted by atomic mass is 9.81. The fourth-order valence-corrected chi connectivity index (χ4v) is 4.21. The third-order valence-electron chi connectivity index (χ3n) is 5.76. The van der Waals surface area contributed by atoms with Crippen LogP contribution < -0.4 is 15.5 Å². The molecule has 1 spiro atoms. The molecule has 0 aliphatic carbocycles. The molecule has 8 nitrogen and oxygen atoms in total. The number of hydrogen-bond acceptors (Lipinski definition) is 4. The van der Waals surface area contributed by atoms with Gasteiger partial charge < -0.3 is 10.2 Å².